The van der Waals surface area contributed by atoms with Crippen LogP contribution >= 0.6 is 0 Å². The standard InChI is InChI=1S/C11H16N4O6/c1-6(2)14-11(10(15(20)21)7(3)12-14)13(4-8(16)17)5-9(18)19/h6H,4-5H2,1-3H3,(H,16,17)(H,18,19). The molecule has 1 heterocycles. The molecule has 0 amide bonds. The van der Waals surface area contributed by atoms with Crippen LogP contribution in [0.25, 0.3) is 0 Å². The van der Waals surface area contributed by atoms with Crippen LogP contribution in [-0.2, 0) is 9.59 Å². The summed E-state index contributed by atoms with van der Waals surface area (Å²) < 4.78 is 1.26. The first kappa shape index (κ1) is 16.4. The van der Waals surface area contributed by atoms with Gasteiger partial charge in [0, 0.05) is 6.04 Å². The fraction of sp³-hybridized carbons (Fsp3) is 0.545. The van der Waals surface area contributed by atoms with Crippen LogP contribution in [0.2, 0.25) is 0 Å². The first-order chi connectivity index (χ1) is 9.65. The smallest absolute Gasteiger partial charge is 0.333 e. The molecule has 116 valence electrons. The second kappa shape index (κ2) is 6.20. The highest BCUT2D eigenvalue weighted by molar-refractivity contribution is 5.81. The van der Waals surface area contributed by atoms with Crippen molar-refractivity contribution >= 4 is 23.4 Å². The molecular weight excluding hydrogens is 284 g/mol. The highest BCUT2D eigenvalue weighted by Gasteiger charge is 2.32. The van der Waals surface area contributed by atoms with E-state index in [9.17, 15) is 19.7 Å². The van der Waals surface area contributed by atoms with Gasteiger partial charge in [0.2, 0.25) is 5.82 Å². The van der Waals surface area contributed by atoms with E-state index in [4.69, 9.17) is 10.2 Å². The highest BCUT2D eigenvalue weighted by atomic mass is 16.6. The summed E-state index contributed by atoms with van der Waals surface area (Å²) in [6, 6.07) is -0.294. The Morgan fingerprint density at radius 3 is 2.14 bits per heavy atom. The fourth-order valence-corrected chi connectivity index (χ4v) is 1.93. The summed E-state index contributed by atoms with van der Waals surface area (Å²) in [6.07, 6.45) is 0. The predicted molar refractivity (Wildman–Crippen MR) is 71.5 cm³/mol. The van der Waals surface area contributed by atoms with E-state index in [1.54, 1.807) is 13.8 Å². The average Bonchev–Trinajstić information content (AvgIpc) is 2.64. The Labute approximate surface area is 119 Å². The van der Waals surface area contributed by atoms with E-state index < -0.39 is 30.0 Å². The van der Waals surface area contributed by atoms with Crippen molar-refractivity contribution in [1.29, 1.82) is 0 Å². The van der Waals surface area contributed by atoms with Crippen LogP contribution in [0.15, 0.2) is 0 Å². The summed E-state index contributed by atoms with van der Waals surface area (Å²) in [7, 11) is 0. The Hall–Kier alpha value is -2.65. The third-order valence-electron chi connectivity index (χ3n) is 2.65. The molecule has 10 heteroatoms. The number of aromatic nitrogens is 2. The second-order valence-corrected chi connectivity index (χ2v) is 4.70. The van der Waals surface area contributed by atoms with E-state index in [1.165, 1.54) is 11.6 Å². The zero-order valence-electron chi connectivity index (χ0n) is 11.8. The number of hydrogen-bond donors (Lipinski definition) is 2. The number of nitro groups is 1. The van der Waals surface area contributed by atoms with E-state index in [1.807, 2.05) is 0 Å². The Morgan fingerprint density at radius 1 is 1.33 bits per heavy atom. The lowest BCUT2D eigenvalue weighted by atomic mass is 10.3. The number of carboxylic acid groups (broad SMARTS) is 2. The number of aryl methyl sites for hydroxylation is 1. The summed E-state index contributed by atoms with van der Waals surface area (Å²) in [5.41, 5.74) is -0.282. The van der Waals surface area contributed by atoms with Crippen molar-refractivity contribution in [1.82, 2.24) is 9.78 Å². The minimum atomic E-state index is -1.29. The molecule has 0 bridgehead atoms. The molecule has 0 saturated carbocycles. The molecule has 2 N–H and O–H groups in total. The molecule has 0 fully saturated rings. The SMILES string of the molecule is Cc1nn(C(C)C)c(N(CC(=O)O)CC(=O)O)c1[N+](=O)[O-]. The number of anilines is 1. The lowest BCUT2D eigenvalue weighted by molar-refractivity contribution is -0.384. The van der Waals surface area contributed by atoms with Crippen molar-refractivity contribution in [3.05, 3.63) is 15.8 Å². The summed E-state index contributed by atoms with van der Waals surface area (Å²) >= 11 is 0. The number of hydrogen-bond acceptors (Lipinski definition) is 6. The van der Waals surface area contributed by atoms with Gasteiger partial charge in [0.1, 0.15) is 18.8 Å². The minimum Gasteiger partial charge on any atom is -0.480 e. The lowest BCUT2D eigenvalue weighted by Gasteiger charge is -2.22. The molecule has 21 heavy (non-hydrogen) atoms. The van der Waals surface area contributed by atoms with E-state index >= 15 is 0 Å². The van der Waals surface area contributed by atoms with Gasteiger partial charge in [0.25, 0.3) is 0 Å². The maximum absolute atomic E-state index is 11.2. The van der Waals surface area contributed by atoms with Gasteiger partial charge in [-0.1, -0.05) is 0 Å². The number of carbonyl (C=O) groups is 2. The number of rotatable bonds is 7. The monoisotopic (exact) mass is 300 g/mol. The molecule has 0 aliphatic carbocycles. The molecule has 0 aliphatic heterocycles. The maximum atomic E-state index is 11.2. The Kier molecular flexibility index (Phi) is 4.84. The average molecular weight is 300 g/mol. The highest BCUT2D eigenvalue weighted by Crippen LogP contribution is 2.33. The molecule has 0 radical (unpaired) electrons. The Morgan fingerprint density at radius 2 is 1.81 bits per heavy atom. The number of nitrogens with zero attached hydrogens (tertiary/aromatic N) is 4. The van der Waals surface area contributed by atoms with Crippen molar-refractivity contribution in [2.24, 2.45) is 0 Å². The van der Waals surface area contributed by atoms with Crippen molar-refractivity contribution in [3.63, 3.8) is 0 Å². The van der Waals surface area contributed by atoms with Crippen LogP contribution in [0.3, 0.4) is 0 Å². The largest absolute Gasteiger partial charge is 0.480 e. The Balaban J connectivity index is 3.48. The van der Waals surface area contributed by atoms with E-state index in [0.717, 1.165) is 4.90 Å². The van der Waals surface area contributed by atoms with Gasteiger partial charge in [0.05, 0.1) is 4.92 Å². The molecule has 0 atom stereocenters. The normalized spacial score (nSPS) is 10.7. The van der Waals surface area contributed by atoms with Crippen molar-refractivity contribution in [3.8, 4) is 0 Å². The van der Waals surface area contributed by atoms with Crippen LogP contribution in [-0.4, -0.2) is 49.9 Å². The molecule has 0 aliphatic rings. The second-order valence-electron chi connectivity index (χ2n) is 4.70. The third-order valence-corrected chi connectivity index (χ3v) is 2.65. The van der Waals surface area contributed by atoms with Crippen LogP contribution in [0, 0.1) is 17.0 Å². The van der Waals surface area contributed by atoms with E-state index in [-0.39, 0.29) is 23.2 Å². The lowest BCUT2D eigenvalue weighted by Crippen LogP contribution is -2.36. The first-order valence-electron chi connectivity index (χ1n) is 6.07. The molecule has 0 aromatic carbocycles. The van der Waals surface area contributed by atoms with Gasteiger partial charge in [-0.2, -0.15) is 5.10 Å². The van der Waals surface area contributed by atoms with Crippen LogP contribution in [0.5, 0.6) is 0 Å². The summed E-state index contributed by atoms with van der Waals surface area (Å²) in [5, 5.41) is 33.0. The van der Waals surface area contributed by atoms with Gasteiger partial charge in [-0.25, -0.2) is 4.68 Å². The molecule has 0 saturated heterocycles. The third kappa shape index (κ3) is 3.68. The van der Waals surface area contributed by atoms with Gasteiger partial charge in [-0.3, -0.25) is 19.7 Å². The molecule has 0 spiro atoms. The quantitative estimate of drug-likeness (QED) is 0.553. The summed E-state index contributed by atoms with van der Waals surface area (Å²) in [5.74, 6) is -2.70. The van der Waals surface area contributed by atoms with Crippen molar-refractivity contribution < 1.29 is 24.7 Å². The van der Waals surface area contributed by atoms with Gasteiger partial charge in [0.15, 0.2) is 0 Å². The van der Waals surface area contributed by atoms with Gasteiger partial charge < -0.3 is 15.1 Å². The molecule has 1 aromatic heterocycles. The van der Waals surface area contributed by atoms with Crippen molar-refractivity contribution in [2.75, 3.05) is 18.0 Å². The zero-order valence-corrected chi connectivity index (χ0v) is 11.8. The molecule has 0 unspecified atom stereocenters. The van der Waals surface area contributed by atoms with Gasteiger partial charge in [-0.15, -0.1) is 0 Å². The topological polar surface area (TPSA) is 139 Å². The minimum absolute atomic E-state index is 0.101. The van der Waals surface area contributed by atoms with Crippen LogP contribution in [0.4, 0.5) is 11.5 Å². The van der Waals surface area contributed by atoms with Crippen LogP contribution < -0.4 is 4.90 Å². The van der Waals surface area contributed by atoms with Crippen LogP contribution in [0.1, 0.15) is 25.6 Å². The molecule has 1 aromatic rings. The van der Waals surface area contributed by atoms with Gasteiger partial charge >= 0.3 is 17.6 Å². The number of aliphatic carboxylic acids is 2. The number of carboxylic acids is 2. The molecular formula is C11H16N4O6. The maximum Gasteiger partial charge on any atom is 0.333 e. The molecule has 10 nitrogen and oxygen atoms in total. The zero-order chi connectivity index (χ0) is 16.3. The van der Waals surface area contributed by atoms with Gasteiger partial charge in [-0.05, 0) is 20.8 Å². The first-order valence-corrected chi connectivity index (χ1v) is 6.07. The molecule has 1 rings (SSSR count). The summed E-state index contributed by atoms with van der Waals surface area (Å²) in [6.45, 7) is 3.48. The van der Waals surface area contributed by atoms with E-state index in [2.05, 4.69) is 5.10 Å². The van der Waals surface area contributed by atoms with Crippen molar-refractivity contribution in [2.45, 2.75) is 26.8 Å². The van der Waals surface area contributed by atoms with E-state index in [0.29, 0.717) is 0 Å². The fourth-order valence-electron chi connectivity index (χ4n) is 1.93. The summed E-state index contributed by atoms with van der Waals surface area (Å²) in [4.78, 5) is 33.2. The predicted octanol–water partition coefficient (Wildman–Crippen LogP) is 0.656. The Bertz CT molecular complexity index is 564.